The lowest BCUT2D eigenvalue weighted by Crippen LogP contribution is -2.52. The maximum absolute atomic E-state index is 15.2. The summed E-state index contributed by atoms with van der Waals surface area (Å²) >= 11 is 0. The Morgan fingerprint density at radius 2 is 1.84 bits per heavy atom. The molecule has 15 heteroatoms. The van der Waals surface area contributed by atoms with Gasteiger partial charge in [-0.15, -0.1) is 0 Å². The molecule has 0 spiro atoms. The second kappa shape index (κ2) is 13.1. The van der Waals surface area contributed by atoms with Gasteiger partial charge in [0.15, 0.2) is 11.6 Å². The highest BCUT2D eigenvalue weighted by Gasteiger charge is 2.34. The molecule has 0 saturated carbocycles. The van der Waals surface area contributed by atoms with Crippen LogP contribution in [-0.4, -0.2) is 108 Å². The van der Waals surface area contributed by atoms with Crippen molar-refractivity contribution >= 4 is 41.0 Å². The first kappa shape index (κ1) is 30.5. The van der Waals surface area contributed by atoms with Crippen molar-refractivity contribution in [1.82, 2.24) is 24.5 Å². The number of piperazine rings is 1. The molecule has 1 aromatic carbocycles. The third-order valence-corrected chi connectivity index (χ3v) is 7.46. The lowest BCUT2D eigenvalue weighted by Gasteiger charge is -2.37. The van der Waals surface area contributed by atoms with Gasteiger partial charge in [0.1, 0.15) is 29.7 Å². The van der Waals surface area contributed by atoms with Crippen LogP contribution in [0.1, 0.15) is 24.3 Å². The van der Waals surface area contributed by atoms with Crippen molar-refractivity contribution in [3.8, 4) is 0 Å². The molecule has 0 unspecified atom stereocenters. The Balaban J connectivity index is 1.17. The van der Waals surface area contributed by atoms with E-state index in [1.165, 1.54) is 9.80 Å². The Morgan fingerprint density at radius 1 is 1.11 bits per heavy atom. The van der Waals surface area contributed by atoms with Gasteiger partial charge >= 0.3 is 12.2 Å². The number of nitrogens with zero attached hydrogens (tertiary/aromatic N) is 6. The van der Waals surface area contributed by atoms with Gasteiger partial charge in [0.05, 0.1) is 25.4 Å². The van der Waals surface area contributed by atoms with Crippen LogP contribution in [0, 0.1) is 11.6 Å². The first-order valence-corrected chi connectivity index (χ1v) is 14.3. The molecule has 5 rings (SSSR count). The summed E-state index contributed by atoms with van der Waals surface area (Å²) in [7, 11) is 0. The van der Waals surface area contributed by atoms with Crippen LogP contribution in [0.3, 0.4) is 0 Å². The van der Waals surface area contributed by atoms with Gasteiger partial charge in [-0.1, -0.05) is 6.07 Å². The summed E-state index contributed by atoms with van der Waals surface area (Å²) in [5.74, 6) is -2.37. The van der Waals surface area contributed by atoms with Crippen molar-refractivity contribution in [1.29, 1.82) is 0 Å². The van der Waals surface area contributed by atoms with Crippen molar-refractivity contribution in [3.63, 3.8) is 0 Å². The predicted octanol–water partition coefficient (Wildman–Crippen LogP) is 2.49. The van der Waals surface area contributed by atoms with Crippen LogP contribution in [-0.2, 0) is 14.3 Å². The summed E-state index contributed by atoms with van der Waals surface area (Å²) < 4.78 is 42.2. The monoisotopic (exact) mass is 613 g/mol. The van der Waals surface area contributed by atoms with Crippen LogP contribution in [0.4, 0.5) is 29.7 Å². The Labute approximate surface area is 251 Å². The van der Waals surface area contributed by atoms with Crippen LogP contribution in [0.25, 0.3) is 5.65 Å². The van der Waals surface area contributed by atoms with Gasteiger partial charge in [-0.25, -0.2) is 23.4 Å². The number of cyclic esters (lactones) is 1. The van der Waals surface area contributed by atoms with Crippen LogP contribution in [0.15, 0.2) is 42.7 Å². The molecule has 2 saturated heterocycles. The topological polar surface area (TPSA) is 129 Å². The smallest absolute Gasteiger partial charge is 0.414 e. The average Bonchev–Trinajstić information content (AvgIpc) is 3.62. The molecule has 4 amide bonds. The quantitative estimate of drug-likeness (QED) is 0.390. The summed E-state index contributed by atoms with van der Waals surface area (Å²) in [5, 5.41) is 2.47. The van der Waals surface area contributed by atoms with E-state index in [4.69, 9.17) is 9.47 Å². The Morgan fingerprint density at radius 3 is 2.50 bits per heavy atom. The molecular formula is C29H33F2N7O6. The number of pyridine rings is 1. The van der Waals surface area contributed by atoms with Crippen molar-refractivity contribution in [2.24, 2.45) is 0 Å². The molecule has 0 radical (unpaired) electrons. The van der Waals surface area contributed by atoms with Gasteiger partial charge in [-0.05, 0) is 26.0 Å². The molecule has 1 N–H and O–H groups in total. The van der Waals surface area contributed by atoms with Gasteiger partial charge in [-0.2, -0.15) is 0 Å². The van der Waals surface area contributed by atoms with Crippen molar-refractivity contribution < 1.29 is 37.4 Å². The highest BCUT2D eigenvalue weighted by molar-refractivity contribution is 5.95. The Kier molecular flexibility index (Phi) is 9.11. The number of ether oxygens (including phenoxy) is 2. The van der Waals surface area contributed by atoms with E-state index in [9.17, 15) is 19.2 Å². The van der Waals surface area contributed by atoms with Gasteiger partial charge in [0.2, 0.25) is 5.91 Å². The van der Waals surface area contributed by atoms with Gasteiger partial charge in [0.25, 0.3) is 5.91 Å². The number of nitrogens with one attached hydrogen (secondary N) is 1. The summed E-state index contributed by atoms with van der Waals surface area (Å²) in [6, 6.07) is 7.53. The molecule has 2 aliphatic heterocycles. The number of imidazole rings is 1. The van der Waals surface area contributed by atoms with Crippen LogP contribution < -0.4 is 15.1 Å². The van der Waals surface area contributed by atoms with Crippen LogP contribution in [0.5, 0.6) is 0 Å². The number of carbonyl (C=O) groups excluding carboxylic acids is 4. The zero-order chi connectivity index (χ0) is 31.4. The number of benzene rings is 1. The Hall–Kier alpha value is -4.95. The number of carbonyl (C=O) groups is 4. The second-order valence-corrected chi connectivity index (χ2v) is 10.3. The largest absolute Gasteiger partial charge is 0.450 e. The van der Waals surface area contributed by atoms with Crippen LogP contribution in [0.2, 0.25) is 0 Å². The molecule has 2 aliphatic rings. The number of anilines is 2. The molecule has 1 atom stereocenters. The molecule has 13 nitrogen and oxygen atoms in total. The van der Waals surface area contributed by atoms with E-state index in [2.05, 4.69) is 10.3 Å². The molecule has 0 bridgehead atoms. The zero-order valence-electron chi connectivity index (χ0n) is 24.4. The maximum atomic E-state index is 15.2. The lowest BCUT2D eigenvalue weighted by atomic mass is 10.2. The van der Waals surface area contributed by atoms with E-state index in [1.807, 2.05) is 12.1 Å². The fourth-order valence-electron chi connectivity index (χ4n) is 5.20. The molecule has 3 aromatic rings. The molecule has 0 aliphatic carbocycles. The zero-order valence-corrected chi connectivity index (χ0v) is 24.4. The standard InChI is InChI=1S/C29H33F2N7O6/c1-3-34(27(40)23-17-37-8-6-5-7-24(37)33-23)18-25(39)35-9-11-36(12-10-35)26-21(30)13-19(14-22(26)31)38-16-20(44-29(38)42)15-32-28(41)43-4-2/h5-8,13-14,17,20H,3-4,9-12,15-16,18H2,1-2H3,(H,32,41)/t20-/m0/s1. The van der Waals surface area contributed by atoms with E-state index in [1.54, 1.807) is 41.6 Å². The van der Waals surface area contributed by atoms with E-state index in [0.29, 0.717) is 12.2 Å². The molecule has 4 heterocycles. The number of hydrogen-bond donors (Lipinski definition) is 1. The molecule has 234 valence electrons. The van der Waals surface area contributed by atoms with Crippen molar-refractivity contribution in [3.05, 3.63) is 60.1 Å². The maximum Gasteiger partial charge on any atom is 0.414 e. The predicted molar refractivity (Wildman–Crippen MR) is 155 cm³/mol. The van der Waals surface area contributed by atoms with Gasteiger partial charge < -0.3 is 33.9 Å². The number of halogens is 2. The summed E-state index contributed by atoms with van der Waals surface area (Å²) in [4.78, 5) is 59.9. The number of fused-ring (bicyclic) bond motifs is 1. The molecule has 2 aromatic heterocycles. The third-order valence-electron chi connectivity index (χ3n) is 7.46. The lowest BCUT2D eigenvalue weighted by molar-refractivity contribution is -0.132. The minimum absolute atomic E-state index is 0.0152. The van der Waals surface area contributed by atoms with E-state index in [-0.39, 0.29) is 81.3 Å². The van der Waals surface area contributed by atoms with Gasteiger partial charge in [-0.3, -0.25) is 14.5 Å². The summed E-state index contributed by atoms with van der Waals surface area (Å²) in [6.45, 7) is 4.46. The number of amides is 4. The van der Waals surface area contributed by atoms with Crippen LogP contribution >= 0.6 is 0 Å². The molecule has 44 heavy (non-hydrogen) atoms. The average molecular weight is 614 g/mol. The normalized spacial score (nSPS) is 16.7. The first-order chi connectivity index (χ1) is 21.2. The Bertz CT molecular complexity index is 1500. The van der Waals surface area contributed by atoms with Crippen molar-refractivity contribution in [2.45, 2.75) is 20.0 Å². The number of alkyl carbamates (subject to hydrolysis) is 1. The SMILES string of the molecule is CCOC(=O)NC[C@H]1CN(c2cc(F)c(N3CCN(C(=O)CN(CC)C(=O)c4cn5ccccc5n4)CC3)c(F)c2)C(=O)O1. The first-order valence-electron chi connectivity index (χ1n) is 14.3. The summed E-state index contributed by atoms with van der Waals surface area (Å²) in [5.41, 5.74) is 0.577. The number of aromatic nitrogens is 2. The van der Waals surface area contributed by atoms with E-state index in [0.717, 1.165) is 17.0 Å². The minimum Gasteiger partial charge on any atom is -0.450 e. The number of likely N-dealkylation sites (N-methyl/N-ethyl adjacent to an activating group) is 1. The minimum atomic E-state index is -0.865. The fraction of sp³-hybridized carbons (Fsp3) is 0.414. The molecular weight excluding hydrogens is 580 g/mol. The number of hydrogen-bond acceptors (Lipinski definition) is 8. The third kappa shape index (κ3) is 6.50. The van der Waals surface area contributed by atoms with Crippen molar-refractivity contribution in [2.75, 3.05) is 68.8 Å². The fourth-order valence-corrected chi connectivity index (χ4v) is 5.20. The second-order valence-electron chi connectivity index (χ2n) is 10.3. The highest BCUT2D eigenvalue weighted by atomic mass is 19.1. The highest BCUT2D eigenvalue weighted by Crippen LogP contribution is 2.31. The van der Waals surface area contributed by atoms with E-state index < -0.39 is 29.9 Å². The molecule has 2 fully saturated rings. The van der Waals surface area contributed by atoms with Gasteiger partial charge in [0, 0.05) is 57.3 Å². The van der Waals surface area contributed by atoms with E-state index >= 15 is 8.78 Å². The number of rotatable bonds is 9. The summed E-state index contributed by atoms with van der Waals surface area (Å²) in [6.07, 6.45) is 1.22.